The lowest BCUT2D eigenvalue weighted by molar-refractivity contribution is 0.141. The molecule has 0 aliphatic carbocycles. The lowest BCUT2D eigenvalue weighted by atomic mass is 10.1. The molecule has 0 unspecified atom stereocenters. The molecule has 3 nitrogen and oxygen atoms in total. The molecule has 1 aromatic carbocycles. The highest BCUT2D eigenvalue weighted by atomic mass is 16.6. The molecule has 0 radical (unpaired) electrons. The summed E-state index contributed by atoms with van der Waals surface area (Å²) in [7, 11) is 1.65. The first-order valence-corrected chi connectivity index (χ1v) is 3.81. The van der Waals surface area contributed by atoms with Crippen LogP contribution in [0.15, 0.2) is 24.3 Å². The van der Waals surface area contributed by atoms with Crippen LogP contribution < -0.4 is 10.6 Å². The SMILES string of the molecule is COc1cccc(CCON)c1. The number of ether oxygens (including phenoxy) is 1. The lowest BCUT2D eigenvalue weighted by Crippen LogP contribution is -2.03. The van der Waals surface area contributed by atoms with Crippen LogP contribution in [-0.2, 0) is 11.3 Å². The van der Waals surface area contributed by atoms with Gasteiger partial charge in [-0.15, -0.1) is 0 Å². The Morgan fingerprint density at radius 3 is 2.92 bits per heavy atom. The van der Waals surface area contributed by atoms with E-state index in [9.17, 15) is 0 Å². The van der Waals surface area contributed by atoms with Crippen LogP contribution in [0.4, 0.5) is 0 Å². The molecule has 0 saturated carbocycles. The number of benzene rings is 1. The minimum absolute atomic E-state index is 0.535. The molecular weight excluding hydrogens is 154 g/mol. The van der Waals surface area contributed by atoms with Crippen LogP contribution in [0.2, 0.25) is 0 Å². The normalized spacial score (nSPS) is 9.83. The molecule has 0 bridgehead atoms. The molecule has 0 fully saturated rings. The second-order valence-electron chi connectivity index (χ2n) is 2.47. The monoisotopic (exact) mass is 167 g/mol. The zero-order valence-corrected chi connectivity index (χ0v) is 7.12. The van der Waals surface area contributed by atoms with Gasteiger partial charge in [-0.05, 0) is 24.1 Å². The summed E-state index contributed by atoms with van der Waals surface area (Å²) in [5.41, 5.74) is 1.17. The Labute approximate surface area is 72.0 Å². The summed E-state index contributed by atoms with van der Waals surface area (Å²) in [4.78, 5) is 4.48. The predicted octanol–water partition coefficient (Wildman–Crippen LogP) is 1.13. The largest absolute Gasteiger partial charge is 0.497 e. The van der Waals surface area contributed by atoms with Crippen LogP contribution in [0.1, 0.15) is 5.56 Å². The van der Waals surface area contributed by atoms with Gasteiger partial charge in [0.2, 0.25) is 0 Å². The van der Waals surface area contributed by atoms with Gasteiger partial charge in [-0.25, -0.2) is 5.90 Å². The van der Waals surface area contributed by atoms with Crippen molar-refractivity contribution in [2.75, 3.05) is 13.7 Å². The van der Waals surface area contributed by atoms with Gasteiger partial charge in [-0.1, -0.05) is 12.1 Å². The fourth-order valence-electron chi connectivity index (χ4n) is 1.00. The van der Waals surface area contributed by atoms with Crippen molar-refractivity contribution < 1.29 is 9.57 Å². The summed E-state index contributed by atoms with van der Waals surface area (Å²) < 4.78 is 5.06. The van der Waals surface area contributed by atoms with E-state index in [1.54, 1.807) is 7.11 Å². The average Bonchev–Trinajstić information content (AvgIpc) is 2.15. The van der Waals surface area contributed by atoms with Crippen molar-refractivity contribution in [1.82, 2.24) is 0 Å². The van der Waals surface area contributed by atoms with Crippen LogP contribution in [-0.4, -0.2) is 13.7 Å². The summed E-state index contributed by atoms with van der Waals surface area (Å²) in [5.74, 6) is 5.78. The highest BCUT2D eigenvalue weighted by Gasteiger charge is 1.94. The Kier molecular flexibility index (Phi) is 3.57. The second kappa shape index (κ2) is 4.74. The van der Waals surface area contributed by atoms with Crippen LogP contribution in [0.25, 0.3) is 0 Å². The minimum Gasteiger partial charge on any atom is -0.497 e. The van der Waals surface area contributed by atoms with E-state index >= 15 is 0 Å². The summed E-state index contributed by atoms with van der Waals surface area (Å²) in [5, 5.41) is 0. The van der Waals surface area contributed by atoms with Gasteiger partial charge in [-0.2, -0.15) is 0 Å². The van der Waals surface area contributed by atoms with Gasteiger partial charge in [0.25, 0.3) is 0 Å². The van der Waals surface area contributed by atoms with Gasteiger partial charge in [0.15, 0.2) is 0 Å². The molecule has 1 rings (SSSR count). The molecule has 0 aromatic heterocycles. The average molecular weight is 167 g/mol. The maximum Gasteiger partial charge on any atom is 0.119 e. The van der Waals surface area contributed by atoms with E-state index in [-0.39, 0.29) is 0 Å². The smallest absolute Gasteiger partial charge is 0.119 e. The summed E-state index contributed by atoms with van der Waals surface area (Å²) in [6, 6.07) is 7.85. The molecule has 3 heteroatoms. The topological polar surface area (TPSA) is 44.5 Å². The van der Waals surface area contributed by atoms with E-state index in [0.29, 0.717) is 6.61 Å². The Morgan fingerprint density at radius 1 is 1.42 bits per heavy atom. The van der Waals surface area contributed by atoms with Crippen LogP contribution in [0.3, 0.4) is 0 Å². The maximum absolute atomic E-state index is 5.06. The molecular formula is C9H13NO2. The van der Waals surface area contributed by atoms with Gasteiger partial charge in [0, 0.05) is 0 Å². The van der Waals surface area contributed by atoms with E-state index in [1.165, 1.54) is 5.56 Å². The molecule has 0 spiro atoms. The van der Waals surface area contributed by atoms with Crippen molar-refractivity contribution in [3.8, 4) is 5.75 Å². The van der Waals surface area contributed by atoms with Crippen molar-refractivity contribution >= 4 is 0 Å². The first-order chi connectivity index (χ1) is 5.86. The molecule has 0 aliphatic rings. The Hall–Kier alpha value is -1.06. The Morgan fingerprint density at radius 2 is 2.25 bits per heavy atom. The summed E-state index contributed by atoms with van der Waals surface area (Å²) >= 11 is 0. The molecule has 1 aromatic rings. The third-order valence-corrected chi connectivity index (χ3v) is 1.64. The number of rotatable bonds is 4. The molecule has 0 aliphatic heterocycles. The lowest BCUT2D eigenvalue weighted by Gasteiger charge is -2.02. The first kappa shape index (κ1) is 9.03. The van der Waals surface area contributed by atoms with Crippen LogP contribution in [0, 0.1) is 0 Å². The second-order valence-corrected chi connectivity index (χ2v) is 2.47. The summed E-state index contributed by atoms with van der Waals surface area (Å²) in [6.45, 7) is 0.535. The van der Waals surface area contributed by atoms with E-state index in [4.69, 9.17) is 10.6 Å². The van der Waals surface area contributed by atoms with Crippen molar-refractivity contribution in [1.29, 1.82) is 0 Å². The van der Waals surface area contributed by atoms with Gasteiger partial charge < -0.3 is 9.57 Å². The predicted molar refractivity (Wildman–Crippen MR) is 46.8 cm³/mol. The Bertz CT molecular complexity index is 238. The molecule has 66 valence electrons. The number of hydrogen-bond donors (Lipinski definition) is 1. The first-order valence-electron chi connectivity index (χ1n) is 3.81. The molecule has 0 amide bonds. The molecule has 0 atom stereocenters. The van der Waals surface area contributed by atoms with Gasteiger partial charge in [0.05, 0.1) is 13.7 Å². The van der Waals surface area contributed by atoms with E-state index in [2.05, 4.69) is 4.84 Å². The molecule has 0 saturated heterocycles. The number of methoxy groups -OCH3 is 1. The van der Waals surface area contributed by atoms with E-state index < -0.39 is 0 Å². The third-order valence-electron chi connectivity index (χ3n) is 1.64. The Balaban J connectivity index is 2.60. The van der Waals surface area contributed by atoms with Crippen molar-refractivity contribution in [3.05, 3.63) is 29.8 Å². The number of hydrogen-bond acceptors (Lipinski definition) is 3. The fourth-order valence-corrected chi connectivity index (χ4v) is 1.00. The zero-order chi connectivity index (χ0) is 8.81. The standard InChI is InChI=1S/C9H13NO2/c1-11-9-4-2-3-8(7-9)5-6-12-10/h2-4,7H,5-6,10H2,1H3. The zero-order valence-electron chi connectivity index (χ0n) is 7.12. The van der Waals surface area contributed by atoms with Gasteiger partial charge in [-0.3, -0.25) is 0 Å². The number of nitrogens with two attached hydrogens (primary N) is 1. The summed E-state index contributed by atoms with van der Waals surface area (Å²) in [6.07, 6.45) is 0.813. The molecule has 2 N–H and O–H groups in total. The van der Waals surface area contributed by atoms with Gasteiger partial charge in [0.1, 0.15) is 5.75 Å². The molecule has 0 heterocycles. The van der Waals surface area contributed by atoms with Crippen molar-refractivity contribution in [3.63, 3.8) is 0 Å². The fraction of sp³-hybridized carbons (Fsp3) is 0.333. The van der Waals surface area contributed by atoms with Gasteiger partial charge >= 0.3 is 0 Å². The third kappa shape index (κ3) is 2.53. The van der Waals surface area contributed by atoms with E-state index in [0.717, 1.165) is 12.2 Å². The maximum atomic E-state index is 5.06. The minimum atomic E-state index is 0.535. The van der Waals surface area contributed by atoms with Crippen molar-refractivity contribution in [2.24, 2.45) is 5.90 Å². The molecule has 12 heavy (non-hydrogen) atoms. The van der Waals surface area contributed by atoms with Crippen LogP contribution in [0.5, 0.6) is 5.75 Å². The highest BCUT2D eigenvalue weighted by molar-refractivity contribution is 5.28. The van der Waals surface area contributed by atoms with Crippen LogP contribution >= 0.6 is 0 Å². The quantitative estimate of drug-likeness (QED) is 0.683. The van der Waals surface area contributed by atoms with E-state index in [1.807, 2.05) is 24.3 Å². The van der Waals surface area contributed by atoms with Crippen molar-refractivity contribution in [2.45, 2.75) is 6.42 Å². The highest BCUT2D eigenvalue weighted by Crippen LogP contribution is 2.12.